The third kappa shape index (κ3) is 4.17. The van der Waals surface area contributed by atoms with Gasteiger partial charge in [-0.3, -0.25) is 4.79 Å². The van der Waals surface area contributed by atoms with E-state index < -0.39 is 29.6 Å². The zero-order valence-corrected chi connectivity index (χ0v) is 14.2. The summed E-state index contributed by atoms with van der Waals surface area (Å²) < 4.78 is 46.5. The Balaban J connectivity index is 1.86. The van der Waals surface area contributed by atoms with Crippen LogP contribution < -0.4 is 5.48 Å². The van der Waals surface area contributed by atoms with Crippen LogP contribution >= 0.6 is 11.6 Å². The zero-order chi connectivity index (χ0) is 18.7. The average molecular weight is 390 g/mol. The van der Waals surface area contributed by atoms with Crippen molar-refractivity contribution in [1.82, 2.24) is 15.3 Å². The minimum Gasteiger partial charge on any atom is -0.350 e. The molecular weight excluding hydrogens is 375 g/mol. The van der Waals surface area contributed by atoms with Gasteiger partial charge in [0.05, 0.1) is 17.4 Å². The SMILES string of the molecule is O=C(NOC1CCCCO1)c1cnn(-c2cccc(Cl)c2)c1C(F)(F)F. The lowest BCUT2D eigenvalue weighted by molar-refractivity contribution is -0.186. The summed E-state index contributed by atoms with van der Waals surface area (Å²) in [5, 5.41) is 3.95. The Kier molecular flexibility index (Phi) is 5.49. The average Bonchev–Trinajstić information content (AvgIpc) is 3.06. The minimum atomic E-state index is -4.81. The molecule has 1 amide bonds. The number of hydrogen-bond donors (Lipinski definition) is 1. The summed E-state index contributed by atoms with van der Waals surface area (Å²) in [6.45, 7) is 0.473. The van der Waals surface area contributed by atoms with E-state index in [-0.39, 0.29) is 10.7 Å². The minimum absolute atomic E-state index is 0.0837. The second-order valence-corrected chi connectivity index (χ2v) is 6.08. The molecule has 0 spiro atoms. The predicted octanol–water partition coefficient (Wildman–Crippen LogP) is 3.73. The van der Waals surface area contributed by atoms with E-state index in [0.29, 0.717) is 17.7 Å². The number of aromatic nitrogens is 2. The molecule has 3 rings (SSSR count). The lowest BCUT2D eigenvalue weighted by Gasteiger charge is -2.22. The molecule has 1 N–H and O–H groups in total. The summed E-state index contributed by atoms with van der Waals surface area (Å²) in [6, 6.07) is 5.73. The summed E-state index contributed by atoms with van der Waals surface area (Å²) in [5.41, 5.74) is 0.222. The highest BCUT2D eigenvalue weighted by Gasteiger charge is 2.40. The Bertz CT molecular complexity index is 789. The van der Waals surface area contributed by atoms with Gasteiger partial charge in [0, 0.05) is 18.1 Å². The first-order valence-electron chi connectivity index (χ1n) is 7.85. The number of nitrogens with one attached hydrogen (secondary N) is 1. The molecular formula is C16H15ClF3N3O3. The van der Waals surface area contributed by atoms with E-state index in [1.165, 1.54) is 24.3 Å². The third-order valence-corrected chi connectivity index (χ3v) is 3.99. The van der Waals surface area contributed by atoms with Gasteiger partial charge < -0.3 is 4.74 Å². The fourth-order valence-electron chi connectivity index (χ4n) is 2.57. The van der Waals surface area contributed by atoms with Crippen LogP contribution in [0.1, 0.15) is 35.3 Å². The summed E-state index contributed by atoms with van der Waals surface area (Å²) >= 11 is 5.83. The van der Waals surface area contributed by atoms with E-state index >= 15 is 0 Å². The number of nitrogens with zero attached hydrogens (tertiary/aromatic N) is 2. The smallest absolute Gasteiger partial charge is 0.350 e. The second-order valence-electron chi connectivity index (χ2n) is 5.64. The molecule has 140 valence electrons. The molecule has 1 saturated heterocycles. The first-order chi connectivity index (χ1) is 12.4. The van der Waals surface area contributed by atoms with Crippen LogP contribution in [0.4, 0.5) is 13.2 Å². The highest BCUT2D eigenvalue weighted by Crippen LogP contribution is 2.34. The fourth-order valence-corrected chi connectivity index (χ4v) is 2.75. The van der Waals surface area contributed by atoms with E-state index in [4.69, 9.17) is 21.2 Å². The molecule has 1 aliphatic heterocycles. The van der Waals surface area contributed by atoms with Crippen LogP contribution in [0.5, 0.6) is 0 Å². The maximum absolute atomic E-state index is 13.5. The first kappa shape index (κ1) is 18.7. The highest BCUT2D eigenvalue weighted by atomic mass is 35.5. The lowest BCUT2D eigenvalue weighted by atomic mass is 10.2. The molecule has 10 heteroatoms. The van der Waals surface area contributed by atoms with Gasteiger partial charge in [-0.05, 0) is 31.0 Å². The number of benzene rings is 1. The van der Waals surface area contributed by atoms with Crippen molar-refractivity contribution in [2.45, 2.75) is 31.7 Å². The van der Waals surface area contributed by atoms with Crippen LogP contribution in [-0.4, -0.2) is 28.6 Å². The molecule has 1 fully saturated rings. The van der Waals surface area contributed by atoms with Crippen molar-refractivity contribution < 1.29 is 27.5 Å². The number of carbonyl (C=O) groups is 1. The van der Waals surface area contributed by atoms with Gasteiger partial charge in [0.1, 0.15) is 0 Å². The molecule has 1 aliphatic rings. The maximum Gasteiger partial charge on any atom is 0.434 e. The molecule has 0 radical (unpaired) electrons. The Morgan fingerprint density at radius 1 is 1.38 bits per heavy atom. The van der Waals surface area contributed by atoms with Crippen LogP contribution in [0.2, 0.25) is 5.02 Å². The van der Waals surface area contributed by atoms with E-state index in [9.17, 15) is 18.0 Å². The van der Waals surface area contributed by atoms with E-state index in [1.54, 1.807) is 0 Å². The van der Waals surface area contributed by atoms with Gasteiger partial charge in [-0.25, -0.2) is 15.0 Å². The summed E-state index contributed by atoms with van der Waals surface area (Å²) in [4.78, 5) is 17.2. The first-order valence-corrected chi connectivity index (χ1v) is 8.23. The van der Waals surface area contributed by atoms with Gasteiger partial charge in [-0.2, -0.15) is 18.3 Å². The van der Waals surface area contributed by atoms with Gasteiger partial charge in [-0.1, -0.05) is 17.7 Å². The quantitative estimate of drug-likeness (QED) is 0.809. The van der Waals surface area contributed by atoms with Crippen molar-refractivity contribution in [2.24, 2.45) is 0 Å². The summed E-state index contributed by atoms with van der Waals surface area (Å²) in [6.07, 6.45) is -2.38. The van der Waals surface area contributed by atoms with Crippen molar-refractivity contribution in [3.05, 3.63) is 46.7 Å². The summed E-state index contributed by atoms with van der Waals surface area (Å²) in [7, 11) is 0. The molecule has 1 aromatic heterocycles. The number of halogens is 4. The second kappa shape index (κ2) is 7.65. The van der Waals surface area contributed by atoms with Gasteiger partial charge in [0.25, 0.3) is 5.91 Å². The summed E-state index contributed by atoms with van der Waals surface area (Å²) in [5.74, 6) is -1.06. The van der Waals surface area contributed by atoms with Gasteiger partial charge >= 0.3 is 6.18 Å². The molecule has 26 heavy (non-hydrogen) atoms. The van der Waals surface area contributed by atoms with E-state index in [0.717, 1.165) is 19.0 Å². The highest BCUT2D eigenvalue weighted by molar-refractivity contribution is 6.30. The van der Waals surface area contributed by atoms with Gasteiger partial charge in [-0.15, -0.1) is 0 Å². The molecule has 6 nitrogen and oxygen atoms in total. The predicted molar refractivity (Wildman–Crippen MR) is 85.7 cm³/mol. The Labute approximate surface area is 151 Å². The van der Waals surface area contributed by atoms with Gasteiger partial charge in [0.15, 0.2) is 12.0 Å². The fraction of sp³-hybridized carbons (Fsp3) is 0.375. The van der Waals surface area contributed by atoms with Crippen molar-refractivity contribution in [3.8, 4) is 5.69 Å². The van der Waals surface area contributed by atoms with E-state index in [1.807, 2.05) is 5.48 Å². The van der Waals surface area contributed by atoms with Crippen molar-refractivity contribution in [3.63, 3.8) is 0 Å². The molecule has 1 atom stereocenters. The largest absolute Gasteiger partial charge is 0.434 e. The normalized spacial score (nSPS) is 17.9. The van der Waals surface area contributed by atoms with Crippen LogP contribution in [-0.2, 0) is 15.8 Å². The number of hydroxylamine groups is 1. The Morgan fingerprint density at radius 2 is 2.19 bits per heavy atom. The number of amides is 1. The standard InChI is InChI=1S/C16H15ClF3N3O3/c17-10-4-3-5-11(8-10)23-14(16(18,19)20)12(9-21-23)15(24)22-26-13-6-1-2-7-25-13/h3-5,8-9,13H,1-2,6-7H2,(H,22,24). The van der Waals surface area contributed by atoms with Crippen LogP contribution in [0.25, 0.3) is 5.69 Å². The molecule has 1 unspecified atom stereocenters. The zero-order valence-electron chi connectivity index (χ0n) is 13.4. The molecule has 0 saturated carbocycles. The van der Waals surface area contributed by atoms with Crippen molar-refractivity contribution >= 4 is 17.5 Å². The number of hydrogen-bond acceptors (Lipinski definition) is 4. The monoisotopic (exact) mass is 389 g/mol. The molecule has 0 bridgehead atoms. The number of alkyl halides is 3. The van der Waals surface area contributed by atoms with Crippen molar-refractivity contribution in [1.29, 1.82) is 0 Å². The third-order valence-electron chi connectivity index (χ3n) is 3.76. The number of rotatable bonds is 4. The topological polar surface area (TPSA) is 65.4 Å². The van der Waals surface area contributed by atoms with Crippen LogP contribution in [0.3, 0.4) is 0 Å². The van der Waals surface area contributed by atoms with Gasteiger partial charge in [0.2, 0.25) is 0 Å². The Morgan fingerprint density at radius 3 is 2.85 bits per heavy atom. The number of carbonyl (C=O) groups excluding carboxylic acids is 1. The maximum atomic E-state index is 13.5. The molecule has 1 aromatic carbocycles. The Hall–Kier alpha value is -2.10. The number of ether oxygens (including phenoxy) is 1. The molecule has 2 aromatic rings. The van der Waals surface area contributed by atoms with Crippen molar-refractivity contribution in [2.75, 3.05) is 6.61 Å². The van der Waals surface area contributed by atoms with Crippen LogP contribution in [0, 0.1) is 0 Å². The van der Waals surface area contributed by atoms with Crippen LogP contribution in [0.15, 0.2) is 30.5 Å². The molecule has 0 aliphatic carbocycles. The van der Waals surface area contributed by atoms with E-state index in [2.05, 4.69) is 5.10 Å². The molecule has 2 heterocycles. The lowest BCUT2D eigenvalue weighted by Crippen LogP contribution is -2.34.